The van der Waals surface area contributed by atoms with E-state index >= 15 is 0 Å². The molecular weight excluding hydrogens is 356 g/mol. The van der Waals surface area contributed by atoms with Crippen molar-refractivity contribution in [2.75, 3.05) is 13.7 Å². The number of benzene rings is 2. The number of hydrogen-bond acceptors (Lipinski definition) is 4. The van der Waals surface area contributed by atoms with Crippen molar-refractivity contribution in [3.8, 4) is 5.75 Å². The third-order valence-electron chi connectivity index (χ3n) is 5.23. The highest BCUT2D eigenvalue weighted by Crippen LogP contribution is 2.39. The van der Waals surface area contributed by atoms with Crippen LogP contribution in [0.1, 0.15) is 30.0 Å². The van der Waals surface area contributed by atoms with Crippen LogP contribution < -0.4 is 10.1 Å². The number of carbonyl (C=O) groups is 2. The maximum Gasteiger partial charge on any atom is 0.251 e. The standard InChI is InChI=1S/C22H24N2O4/c1-27-18-11-7-16(8-12-18)20-21(28-14-19(25)24(20)17-9-10-17)22(26)23-13-15-5-3-2-4-6-15/h2-8,11-12,17,20-21H,9-10,13-14H2,1H3,(H,23,26)/t20-,21+/m1/s1. The molecular formula is C22H24N2O4. The minimum atomic E-state index is -0.740. The van der Waals surface area contributed by atoms with Gasteiger partial charge >= 0.3 is 0 Å². The number of morpholine rings is 1. The fourth-order valence-corrected chi connectivity index (χ4v) is 3.65. The van der Waals surface area contributed by atoms with Crippen LogP contribution in [0.5, 0.6) is 5.75 Å². The normalized spacial score (nSPS) is 22.0. The molecule has 0 unspecified atom stereocenters. The van der Waals surface area contributed by atoms with Crippen LogP contribution >= 0.6 is 0 Å². The molecule has 2 amide bonds. The summed E-state index contributed by atoms with van der Waals surface area (Å²) >= 11 is 0. The molecule has 0 radical (unpaired) electrons. The average molecular weight is 380 g/mol. The topological polar surface area (TPSA) is 67.9 Å². The minimum Gasteiger partial charge on any atom is -0.497 e. The van der Waals surface area contributed by atoms with Crippen LogP contribution in [0.3, 0.4) is 0 Å². The Kier molecular flexibility index (Phi) is 5.30. The van der Waals surface area contributed by atoms with E-state index in [1.807, 2.05) is 59.5 Å². The Bertz CT molecular complexity index is 833. The first-order valence-electron chi connectivity index (χ1n) is 9.55. The van der Waals surface area contributed by atoms with Crippen molar-refractivity contribution < 1.29 is 19.1 Å². The molecule has 6 nitrogen and oxygen atoms in total. The van der Waals surface area contributed by atoms with Crippen LogP contribution in [0, 0.1) is 0 Å². The summed E-state index contributed by atoms with van der Waals surface area (Å²) in [6.45, 7) is 0.360. The number of methoxy groups -OCH3 is 1. The summed E-state index contributed by atoms with van der Waals surface area (Å²) in [6, 6.07) is 17.0. The quantitative estimate of drug-likeness (QED) is 0.836. The summed E-state index contributed by atoms with van der Waals surface area (Å²) < 4.78 is 11.0. The number of nitrogens with zero attached hydrogens (tertiary/aromatic N) is 1. The monoisotopic (exact) mass is 380 g/mol. The highest BCUT2D eigenvalue weighted by molar-refractivity contribution is 5.86. The second kappa shape index (κ2) is 8.02. The zero-order valence-corrected chi connectivity index (χ0v) is 15.8. The highest BCUT2D eigenvalue weighted by atomic mass is 16.5. The Labute approximate surface area is 164 Å². The molecule has 6 heteroatoms. The Morgan fingerprint density at radius 1 is 1.14 bits per heavy atom. The van der Waals surface area contributed by atoms with Gasteiger partial charge in [-0.25, -0.2) is 0 Å². The van der Waals surface area contributed by atoms with Crippen LogP contribution in [-0.4, -0.2) is 42.6 Å². The molecule has 0 spiro atoms. The Morgan fingerprint density at radius 3 is 2.50 bits per heavy atom. The predicted octanol–water partition coefficient (Wildman–Crippen LogP) is 2.44. The van der Waals surface area contributed by atoms with Crippen molar-refractivity contribution in [2.45, 2.75) is 37.6 Å². The lowest BCUT2D eigenvalue weighted by Gasteiger charge is -2.40. The van der Waals surface area contributed by atoms with Gasteiger partial charge in [0.1, 0.15) is 12.4 Å². The van der Waals surface area contributed by atoms with E-state index in [0.29, 0.717) is 6.54 Å². The number of carbonyl (C=O) groups excluding carboxylic acids is 2. The molecule has 2 atom stereocenters. The molecule has 1 saturated carbocycles. The Balaban J connectivity index is 1.57. The summed E-state index contributed by atoms with van der Waals surface area (Å²) in [5, 5.41) is 2.96. The summed E-state index contributed by atoms with van der Waals surface area (Å²) in [6.07, 6.45) is 1.20. The smallest absolute Gasteiger partial charge is 0.251 e. The summed E-state index contributed by atoms with van der Waals surface area (Å²) in [7, 11) is 1.61. The van der Waals surface area contributed by atoms with E-state index in [4.69, 9.17) is 9.47 Å². The van der Waals surface area contributed by atoms with Gasteiger partial charge in [-0.2, -0.15) is 0 Å². The first-order chi connectivity index (χ1) is 13.7. The molecule has 0 aromatic heterocycles. The zero-order chi connectivity index (χ0) is 19.5. The molecule has 1 heterocycles. The van der Waals surface area contributed by atoms with Gasteiger partial charge in [-0.15, -0.1) is 0 Å². The third kappa shape index (κ3) is 3.87. The number of ether oxygens (including phenoxy) is 2. The van der Waals surface area contributed by atoms with Crippen molar-refractivity contribution in [2.24, 2.45) is 0 Å². The van der Waals surface area contributed by atoms with E-state index in [-0.39, 0.29) is 24.5 Å². The fourth-order valence-electron chi connectivity index (χ4n) is 3.65. The summed E-state index contributed by atoms with van der Waals surface area (Å²) in [5.74, 6) is 0.466. The van der Waals surface area contributed by atoms with E-state index in [1.165, 1.54) is 0 Å². The van der Waals surface area contributed by atoms with Crippen molar-refractivity contribution in [1.29, 1.82) is 0 Å². The molecule has 146 valence electrons. The average Bonchev–Trinajstić information content (AvgIpc) is 3.57. The van der Waals surface area contributed by atoms with Gasteiger partial charge in [-0.05, 0) is 36.1 Å². The third-order valence-corrected chi connectivity index (χ3v) is 5.23. The fraction of sp³-hybridized carbons (Fsp3) is 0.364. The highest BCUT2D eigenvalue weighted by Gasteiger charge is 2.47. The molecule has 2 aromatic rings. The van der Waals surface area contributed by atoms with Crippen LogP contribution in [0.2, 0.25) is 0 Å². The first kappa shape index (κ1) is 18.5. The zero-order valence-electron chi connectivity index (χ0n) is 15.8. The number of hydrogen-bond donors (Lipinski definition) is 1. The molecule has 0 bridgehead atoms. The maximum absolute atomic E-state index is 13.0. The lowest BCUT2D eigenvalue weighted by molar-refractivity contribution is -0.165. The lowest BCUT2D eigenvalue weighted by Crippen LogP contribution is -2.55. The first-order valence-corrected chi connectivity index (χ1v) is 9.55. The van der Waals surface area contributed by atoms with Crippen LogP contribution in [0.15, 0.2) is 54.6 Å². The minimum absolute atomic E-state index is 0.0598. The largest absolute Gasteiger partial charge is 0.497 e. The van der Waals surface area contributed by atoms with E-state index < -0.39 is 12.1 Å². The Morgan fingerprint density at radius 2 is 1.86 bits per heavy atom. The van der Waals surface area contributed by atoms with Gasteiger partial charge in [-0.3, -0.25) is 9.59 Å². The van der Waals surface area contributed by atoms with Crippen LogP contribution in [0.25, 0.3) is 0 Å². The van der Waals surface area contributed by atoms with Crippen molar-refractivity contribution >= 4 is 11.8 Å². The molecule has 4 rings (SSSR count). The predicted molar refractivity (Wildman–Crippen MR) is 104 cm³/mol. The molecule has 2 aliphatic rings. The van der Waals surface area contributed by atoms with E-state index in [9.17, 15) is 9.59 Å². The Hall–Kier alpha value is -2.86. The summed E-state index contributed by atoms with van der Waals surface area (Å²) in [4.78, 5) is 27.4. The summed E-state index contributed by atoms with van der Waals surface area (Å²) in [5.41, 5.74) is 1.89. The second-order valence-electron chi connectivity index (χ2n) is 7.19. The SMILES string of the molecule is COc1ccc([C@@H]2[C@@H](C(=O)NCc3ccccc3)OCC(=O)N2C2CC2)cc1. The van der Waals surface area contributed by atoms with Crippen LogP contribution in [-0.2, 0) is 20.9 Å². The number of rotatable bonds is 6. The maximum atomic E-state index is 13.0. The van der Waals surface area contributed by atoms with Gasteiger partial charge < -0.3 is 19.7 Å². The van der Waals surface area contributed by atoms with Gasteiger partial charge in [0.15, 0.2) is 6.10 Å². The number of nitrogens with one attached hydrogen (secondary N) is 1. The lowest BCUT2D eigenvalue weighted by atomic mass is 9.96. The van der Waals surface area contributed by atoms with Crippen molar-refractivity contribution in [1.82, 2.24) is 10.2 Å². The molecule has 1 aliphatic carbocycles. The number of amides is 2. The van der Waals surface area contributed by atoms with Gasteiger partial charge in [0, 0.05) is 12.6 Å². The van der Waals surface area contributed by atoms with Gasteiger partial charge in [-0.1, -0.05) is 42.5 Å². The van der Waals surface area contributed by atoms with E-state index in [1.54, 1.807) is 7.11 Å². The second-order valence-corrected chi connectivity index (χ2v) is 7.19. The van der Waals surface area contributed by atoms with Gasteiger partial charge in [0.05, 0.1) is 13.2 Å². The van der Waals surface area contributed by atoms with E-state index in [2.05, 4.69) is 5.32 Å². The molecule has 2 aromatic carbocycles. The van der Waals surface area contributed by atoms with Crippen LogP contribution in [0.4, 0.5) is 0 Å². The van der Waals surface area contributed by atoms with Crippen molar-refractivity contribution in [3.05, 3.63) is 65.7 Å². The van der Waals surface area contributed by atoms with Gasteiger partial charge in [0.2, 0.25) is 5.91 Å². The molecule has 1 aliphatic heterocycles. The molecule has 1 saturated heterocycles. The van der Waals surface area contributed by atoms with E-state index in [0.717, 1.165) is 29.7 Å². The molecule has 2 fully saturated rings. The van der Waals surface area contributed by atoms with Gasteiger partial charge in [0.25, 0.3) is 5.91 Å². The molecule has 28 heavy (non-hydrogen) atoms. The molecule has 1 N–H and O–H groups in total. The van der Waals surface area contributed by atoms with Crippen molar-refractivity contribution in [3.63, 3.8) is 0 Å².